The van der Waals surface area contributed by atoms with Crippen LogP contribution in [-0.4, -0.2) is 6.04 Å². The molecule has 1 aromatic heterocycles. The molecule has 0 spiro atoms. The Labute approximate surface area is 121 Å². The van der Waals surface area contributed by atoms with E-state index in [1.165, 1.54) is 31.2 Å². The summed E-state index contributed by atoms with van der Waals surface area (Å²) < 4.78 is 5.52. The van der Waals surface area contributed by atoms with E-state index in [0.29, 0.717) is 12.0 Å². The van der Waals surface area contributed by atoms with E-state index in [0.717, 1.165) is 5.76 Å². The molecule has 20 heavy (non-hydrogen) atoms. The Bertz CT molecular complexity index is 505. The predicted molar refractivity (Wildman–Crippen MR) is 81.7 cm³/mol. The zero-order valence-electron chi connectivity index (χ0n) is 12.1. The fourth-order valence-corrected chi connectivity index (χ4v) is 3.37. The summed E-state index contributed by atoms with van der Waals surface area (Å²) in [5.74, 6) is 1.66. The second-order valence-electron chi connectivity index (χ2n) is 5.81. The quantitative estimate of drug-likeness (QED) is 0.873. The normalized spacial score (nSPS) is 24.4. The Hall–Kier alpha value is -1.54. The third-order valence-corrected chi connectivity index (χ3v) is 4.43. The van der Waals surface area contributed by atoms with Gasteiger partial charge in [-0.1, -0.05) is 43.2 Å². The number of rotatable bonds is 4. The van der Waals surface area contributed by atoms with Crippen molar-refractivity contribution in [2.45, 2.75) is 50.6 Å². The summed E-state index contributed by atoms with van der Waals surface area (Å²) in [4.78, 5) is 0. The largest absolute Gasteiger partial charge is 0.468 e. The van der Waals surface area contributed by atoms with Crippen LogP contribution < -0.4 is 5.32 Å². The fourth-order valence-electron chi connectivity index (χ4n) is 3.37. The van der Waals surface area contributed by atoms with Gasteiger partial charge in [0, 0.05) is 6.04 Å². The van der Waals surface area contributed by atoms with Crippen LogP contribution in [0.4, 0.5) is 0 Å². The van der Waals surface area contributed by atoms with E-state index in [1.807, 2.05) is 6.07 Å². The van der Waals surface area contributed by atoms with Gasteiger partial charge in [0.2, 0.25) is 0 Å². The van der Waals surface area contributed by atoms with Gasteiger partial charge in [-0.3, -0.25) is 0 Å². The van der Waals surface area contributed by atoms with Gasteiger partial charge in [-0.25, -0.2) is 0 Å². The highest BCUT2D eigenvalue weighted by atomic mass is 16.3. The highest BCUT2D eigenvalue weighted by Gasteiger charge is 2.27. The zero-order chi connectivity index (χ0) is 13.8. The molecule has 0 bridgehead atoms. The van der Waals surface area contributed by atoms with E-state index in [4.69, 9.17) is 4.42 Å². The molecule has 0 saturated heterocycles. The van der Waals surface area contributed by atoms with Gasteiger partial charge in [0.05, 0.1) is 12.3 Å². The maximum Gasteiger partial charge on any atom is 0.120 e. The van der Waals surface area contributed by atoms with Crippen molar-refractivity contribution in [1.29, 1.82) is 0 Å². The van der Waals surface area contributed by atoms with Crippen LogP contribution in [0.3, 0.4) is 0 Å². The van der Waals surface area contributed by atoms with Crippen LogP contribution in [0.25, 0.3) is 0 Å². The van der Waals surface area contributed by atoms with Gasteiger partial charge < -0.3 is 9.73 Å². The first-order valence-corrected chi connectivity index (χ1v) is 7.69. The second-order valence-corrected chi connectivity index (χ2v) is 5.81. The van der Waals surface area contributed by atoms with Crippen molar-refractivity contribution in [3.8, 4) is 0 Å². The Morgan fingerprint density at radius 1 is 1.05 bits per heavy atom. The van der Waals surface area contributed by atoms with E-state index >= 15 is 0 Å². The van der Waals surface area contributed by atoms with Crippen LogP contribution in [0.2, 0.25) is 0 Å². The van der Waals surface area contributed by atoms with Crippen molar-refractivity contribution in [2.75, 3.05) is 0 Å². The highest BCUT2D eigenvalue weighted by Crippen LogP contribution is 2.34. The molecule has 1 aliphatic rings. The van der Waals surface area contributed by atoms with Crippen LogP contribution in [0.1, 0.15) is 55.9 Å². The standard InChI is InChI=1S/C18H23NO/c1-14(18-12-7-13-20-18)19-17-11-6-5-10-16(17)15-8-3-2-4-9-15/h2-4,7-9,12-14,16-17,19H,5-6,10-11H2,1H3/t14-,16?,17?/m1/s1. The molecule has 2 heteroatoms. The van der Waals surface area contributed by atoms with E-state index in [-0.39, 0.29) is 6.04 Å². The molecule has 0 radical (unpaired) electrons. The van der Waals surface area contributed by atoms with Crippen molar-refractivity contribution in [2.24, 2.45) is 0 Å². The monoisotopic (exact) mass is 269 g/mol. The lowest BCUT2D eigenvalue weighted by molar-refractivity contribution is 0.290. The number of nitrogens with one attached hydrogen (secondary N) is 1. The highest BCUT2D eigenvalue weighted by molar-refractivity contribution is 5.22. The van der Waals surface area contributed by atoms with Crippen LogP contribution in [-0.2, 0) is 0 Å². The van der Waals surface area contributed by atoms with Crippen LogP contribution in [0.15, 0.2) is 53.1 Å². The van der Waals surface area contributed by atoms with Gasteiger partial charge >= 0.3 is 0 Å². The van der Waals surface area contributed by atoms with Gasteiger partial charge in [0.15, 0.2) is 0 Å². The molecule has 0 aliphatic heterocycles. The van der Waals surface area contributed by atoms with Crippen molar-refractivity contribution in [3.63, 3.8) is 0 Å². The zero-order valence-corrected chi connectivity index (χ0v) is 12.1. The van der Waals surface area contributed by atoms with Gasteiger partial charge in [-0.05, 0) is 43.4 Å². The Morgan fingerprint density at radius 3 is 2.60 bits per heavy atom. The van der Waals surface area contributed by atoms with E-state index in [9.17, 15) is 0 Å². The van der Waals surface area contributed by atoms with Crippen molar-refractivity contribution in [1.82, 2.24) is 5.32 Å². The Kier molecular flexibility index (Phi) is 4.22. The molecule has 2 unspecified atom stereocenters. The molecule has 1 heterocycles. The molecule has 0 amide bonds. The van der Waals surface area contributed by atoms with E-state index < -0.39 is 0 Å². The molecular formula is C18H23NO. The predicted octanol–water partition coefficient (Wildman–Crippen LogP) is 4.66. The first-order chi connectivity index (χ1) is 9.84. The third kappa shape index (κ3) is 2.96. The number of hydrogen-bond acceptors (Lipinski definition) is 2. The maximum absolute atomic E-state index is 5.52. The minimum Gasteiger partial charge on any atom is -0.468 e. The Balaban J connectivity index is 1.73. The summed E-state index contributed by atoms with van der Waals surface area (Å²) in [5.41, 5.74) is 1.47. The molecule has 1 fully saturated rings. The van der Waals surface area contributed by atoms with Crippen LogP contribution in [0.5, 0.6) is 0 Å². The molecule has 106 valence electrons. The molecule has 3 rings (SSSR count). The summed E-state index contributed by atoms with van der Waals surface area (Å²) >= 11 is 0. The molecule has 3 atom stereocenters. The number of furan rings is 1. The molecular weight excluding hydrogens is 246 g/mol. The van der Waals surface area contributed by atoms with Crippen LogP contribution in [0, 0.1) is 0 Å². The van der Waals surface area contributed by atoms with E-state index in [2.05, 4.69) is 48.6 Å². The summed E-state index contributed by atoms with van der Waals surface area (Å²) in [7, 11) is 0. The molecule has 1 saturated carbocycles. The SMILES string of the molecule is C[C@@H](NC1CCCCC1c1ccccc1)c1ccco1. The van der Waals surface area contributed by atoms with Crippen molar-refractivity contribution < 1.29 is 4.42 Å². The first kappa shape index (κ1) is 13.4. The van der Waals surface area contributed by atoms with E-state index in [1.54, 1.807) is 6.26 Å². The average molecular weight is 269 g/mol. The van der Waals surface area contributed by atoms with Gasteiger partial charge in [-0.2, -0.15) is 0 Å². The molecule has 2 aromatic rings. The number of benzene rings is 1. The molecule has 1 aromatic carbocycles. The lowest BCUT2D eigenvalue weighted by atomic mass is 9.79. The Morgan fingerprint density at radius 2 is 1.85 bits per heavy atom. The second kappa shape index (κ2) is 6.27. The van der Waals surface area contributed by atoms with Crippen LogP contribution >= 0.6 is 0 Å². The van der Waals surface area contributed by atoms with Crippen molar-refractivity contribution in [3.05, 3.63) is 60.1 Å². The maximum atomic E-state index is 5.52. The fraction of sp³-hybridized carbons (Fsp3) is 0.444. The molecule has 2 nitrogen and oxygen atoms in total. The summed E-state index contributed by atoms with van der Waals surface area (Å²) in [6, 6.07) is 15.8. The lowest BCUT2D eigenvalue weighted by Gasteiger charge is -2.34. The van der Waals surface area contributed by atoms with Gasteiger partial charge in [0.25, 0.3) is 0 Å². The number of hydrogen-bond donors (Lipinski definition) is 1. The molecule has 1 aliphatic carbocycles. The topological polar surface area (TPSA) is 25.2 Å². The summed E-state index contributed by atoms with van der Waals surface area (Å²) in [6.45, 7) is 2.19. The van der Waals surface area contributed by atoms with Crippen molar-refractivity contribution >= 4 is 0 Å². The minimum atomic E-state index is 0.277. The first-order valence-electron chi connectivity index (χ1n) is 7.69. The third-order valence-electron chi connectivity index (χ3n) is 4.43. The lowest BCUT2D eigenvalue weighted by Crippen LogP contribution is -2.38. The average Bonchev–Trinajstić information content (AvgIpc) is 3.03. The minimum absolute atomic E-state index is 0.277. The summed E-state index contributed by atoms with van der Waals surface area (Å²) in [6.07, 6.45) is 6.96. The summed E-state index contributed by atoms with van der Waals surface area (Å²) in [5, 5.41) is 3.78. The van der Waals surface area contributed by atoms with Gasteiger partial charge in [0.1, 0.15) is 5.76 Å². The van der Waals surface area contributed by atoms with Gasteiger partial charge in [-0.15, -0.1) is 0 Å². The molecule has 1 N–H and O–H groups in total. The smallest absolute Gasteiger partial charge is 0.120 e.